The summed E-state index contributed by atoms with van der Waals surface area (Å²) in [4.78, 5) is 5.83. The number of hydroxylamine groups is 2. The molecular formula is C18H21NO2. The average molecular weight is 283 g/mol. The third-order valence-electron chi connectivity index (χ3n) is 4.05. The Morgan fingerprint density at radius 1 is 1.10 bits per heavy atom. The van der Waals surface area contributed by atoms with Gasteiger partial charge in [-0.25, -0.2) is 0 Å². The van der Waals surface area contributed by atoms with Crippen molar-refractivity contribution in [3.8, 4) is 0 Å². The first-order valence-corrected chi connectivity index (χ1v) is 7.39. The molecule has 3 nitrogen and oxygen atoms in total. The van der Waals surface area contributed by atoms with E-state index in [1.807, 2.05) is 23.3 Å². The second-order valence-corrected chi connectivity index (χ2v) is 5.65. The molecular weight excluding hydrogens is 262 g/mol. The highest BCUT2D eigenvalue weighted by Crippen LogP contribution is 2.36. The van der Waals surface area contributed by atoms with Gasteiger partial charge in [0.15, 0.2) is 0 Å². The number of hydrogen-bond acceptors (Lipinski definition) is 3. The van der Waals surface area contributed by atoms with Crippen LogP contribution in [0, 0.1) is 12.8 Å². The summed E-state index contributed by atoms with van der Waals surface area (Å²) >= 11 is 0. The highest BCUT2D eigenvalue weighted by atomic mass is 16.7. The summed E-state index contributed by atoms with van der Waals surface area (Å²) in [5.41, 5.74) is 3.66. The fraction of sp³-hybridized carbons (Fsp3) is 0.333. The lowest BCUT2D eigenvalue weighted by Crippen LogP contribution is -2.25. The molecule has 110 valence electrons. The molecule has 0 unspecified atom stereocenters. The zero-order valence-electron chi connectivity index (χ0n) is 12.3. The van der Waals surface area contributed by atoms with E-state index in [1.165, 1.54) is 16.7 Å². The zero-order valence-corrected chi connectivity index (χ0v) is 12.3. The maximum absolute atomic E-state index is 9.63. The fourth-order valence-corrected chi connectivity index (χ4v) is 2.86. The molecule has 1 heterocycles. The molecule has 2 atom stereocenters. The van der Waals surface area contributed by atoms with Crippen LogP contribution >= 0.6 is 0 Å². The van der Waals surface area contributed by atoms with Crippen molar-refractivity contribution >= 4 is 0 Å². The van der Waals surface area contributed by atoms with Gasteiger partial charge >= 0.3 is 0 Å². The standard InChI is InChI=1S/C18H21NO2/c1-14-7-9-16(10-8-14)18-17(12-20)13-21-19(18)11-15-5-3-2-4-6-15/h2-10,17-18,20H,11-13H2,1H3/t17-,18+/m0/s1. The Hall–Kier alpha value is -1.68. The Balaban J connectivity index is 1.83. The lowest BCUT2D eigenvalue weighted by molar-refractivity contribution is -0.141. The normalized spacial score (nSPS) is 22.6. The van der Waals surface area contributed by atoms with Crippen molar-refractivity contribution in [2.24, 2.45) is 5.92 Å². The van der Waals surface area contributed by atoms with E-state index in [0.717, 1.165) is 6.54 Å². The van der Waals surface area contributed by atoms with Crippen LogP contribution in [-0.4, -0.2) is 23.4 Å². The molecule has 1 fully saturated rings. The molecule has 0 aromatic heterocycles. The Morgan fingerprint density at radius 2 is 1.81 bits per heavy atom. The second-order valence-electron chi connectivity index (χ2n) is 5.65. The summed E-state index contributed by atoms with van der Waals surface area (Å²) in [6.07, 6.45) is 0. The van der Waals surface area contributed by atoms with Gasteiger partial charge in [-0.05, 0) is 18.1 Å². The van der Waals surface area contributed by atoms with E-state index in [2.05, 4.69) is 43.3 Å². The molecule has 1 aliphatic rings. The number of rotatable bonds is 4. The van der Waals surface area contributed by atoms with Crippen LogP contribution in [0.15, 0.2) is 54.6 Å². The second kappa shape index (κ2) is 6.39. The van der Waals surface area contributed by atoms with E-state index in [1.54, 1.807) is 0 Å². The zero-order chi connectivity index (χ0) is 14.7. The van der Waals surface area contributed by atoms with Gasteiger partial charge in [-0.1, -0.05) is 60.2 Å². The summed E-state index contributed by atoms with van der Waals surface area (Å²) in [7, 11) is 0. The van der Waals surface area contributed by atoms with Crippen LogP contribution in [0.4, 0.5) is 0 Å². The van der Waals surface area contributed by atoms with Crippen molar-refractivity contribution in [3.63, 3.8) is 0 Å². The number of nitrogens with zero attached hydrogens (tertiary/aromatic N) is 1. The Kier molecular flexibility index (Phi) is 4.34. The fourth-order valence-electron chi connectivity index (χ4n) is 2.86. The van der Waals surface area contributed by atoms with Crippen molar-refractivity contribution in [2.45, 2.75) is 19.5 Å². The van der Waals surface area contributed by atoms with E-state index in [4.69, 9.17) is 4.84 Å². The first kappa shape index (κ1) is 14.3. The van der Waals surface area contributed by atoms with Gasteiger partial charge < -0.3 is 5.11 Å². The number of benzene rings is 2. The van der Waals surface area contributed by atoms with Crippen LogP contribution in [0.2, 0.25) is 0 Å². The van der Waals surface area contributed by atoms with Crippen molar-refractivity contribution in [1.29, 1.82) is 0 Å². The lowest BCUT2D eigenvalue weighted by Gasteiger charge is -2.25. The predicted octanol–water partition coefficient (Wildman–Crippen LogP) is 3.09. The van der Waals surface area contributed by atoms with Gasteiger partial charge in [0.05, 0.1) is 19.3 Å². The molecule has 0 aliphatic carbocycles. The first-order chi connectivity index (χ1) is 10.3. The minimum absolute atomic E-state index is 0.107. The summed E-state index contributed by atoms with van der Waals surface area (Å²) in [5.74, 6) is 0.122. The Labute approximate surface area is 125 Å². The average Bonchev–Trinajstić information content (AvgIpc) is 2.92. The first-order valence-electron chi connectivity index (χ1n) is 7.39. The monoisotopic (exact) mass is 283 g/mol. The summed E-state index contributed by atoms with van der Waals surface area (Å²) in [6, 6.07) is 18.9. The molecule has 0 bridgehead atoms. The lowest BCUT2D eigenvalue weighted by atomic mass is 9.94. The largest absolute Gasteiger partial charge is 0.396 e. The van der Waals surface area contributed by atoms with Gasteiger partial charge in [0.2, 0.25) is 0 Å². The highest BCUT2D eigenvalue weighted by molar-refractivity contribution is 5.25. The molecule has 1 N–H and O–H groups in total. The number of aryl methyl sites for hydroxylation is 1. The van der Waals surface area contributed by atoms with Gasteiger partial charge in [-0.3, -0.25) is 4.84 Å². The van der Waals surface area contributed by atoms with Crippen LogP contribution in [0.5, 0.6) is 0 Å². The van der Waals surface area contributed by atoms with E-state index in [-0.39, 0.29) is 18.6 Å². The van der Waals surface area contributed by atoms with Crippen LogP contribution in [0.3, 0.4) is 0 Å². The van der Waals surface area contributed by atoms with E-state index in [0.29, 0.717) is 6.61 Å². The highest BCUT2D eigenvalue weighted by Gasteiger charge is 2.36. The molecule has 3 heteroatoms. The summed E-state index contributed by atoms with van der Waals surface area (Å²) in [6.45, 7) is 3.53. The van der Waals surface area contributed by atoms with Crippen molar-refractivity contribution < 1.29 is 9.94 Å². The van der Waals surface area contributed by atoms with Crippen molar-refractivity contribution in [3.05, 3.63) is 71.3 Å². The molecule has 21 heavy (non-hydrogen) atoms. The number of aliphatic hydroxyl groups is 1. The van der Waals surface area contributed by atoms with Crippen LogP contribution in [0.25, 0.3) is 0 Å². The molecule has 3 rings (SSSR count). The quantitative estimate of drug-likeness (QED) is 0.936. The van der Waals surface area contributed by atoms with E-state index in [9.17, 15) is 5.11 Å². The molecule has 0 saturated carbocycles. The molecule has 0 spiro atoms. The Morgan fingerprint density at radius 3 is 2.48 bits per heavy atom. The minimum Gasteiger partial charge on any atom is -0.396 e. The van der Waals surface area contributed by atoms with Gasteiger partial charge in [0.25, 0.3) is 0 Å². The molecule has 1 saturated heterocycles. The molecule has 0 radical (unpaired) electrons. The third-order valence-corrected chi connectivity index (χ3v) is 4.05. The molecule has 2 aromatic rings. The van der Waals surface area contributed by atoms with Gasteiger partial charge in [0, 0.05) is 12.5 Å². The van der Waals surface area contributed by atoms with Gasteiger partial charge in [-0.15, -0.1) is 0 Å². The van der Waals surface area contributed by atoms with Crippen LogP contribution < -0.4 is 0 Å². The topological polar surface area (TPSA) is 32.7 Å². The van der Waals surface area contributed by atoms with Gasteiger partial charge in [0.1, 0.15) is 0 Å². The summed E-state index contributed by atoms with van der Waals surface area (Å²) in [5, 5.41) is 11.6. The third kappa shape index (κ3) is 3.16. The Bertz CT molecular complexity index is 568. The van der Waals surface area contributed by atoms with Crippen LogP contribution in [0.1, 0.15) is 22.7 Å². The number of aliphatic hydroxyl groups excluding tert-OH is 1. The smallest absolute Gasteiger partial charge is 0.0754 e. The van der Waals surface area contributed by atoms with Crippen LogP contribution in [-0.2, 0) is 11.4 Å². The predicted molar refractivity (Wildman–Crippen MR) is 82.4 cm³/mol. The van der Waals surface area contributed by atoms with E-state index < -0.39 is 0 Å². The molecule has 2 aromatic carbocycles. The SMILES string of the molecule is Cc1ccc([C@@H]2[C@@H](CO)CON2Cc2ccccc2)cc1. The van der Waals surface area contributed by atoms with Crippen molar-refractivity contribution in [1.82, 2.24) is 5.06 Å². The summed E-state index contributed by atoms with van der Waals surface area (Å²) < 4.78 is 0. The number of hydrogen-bond donors (Lipinski definition) is 1. The van der Waals surface area contributed by atoms with Crippen molar-refractivity contribution in [2.75, 3.05) is 13.2 Å². The maximum Gasteiger partial charge on any atom is 0.0754 e. The van der Waals surface area contributed by atoms with E-state index >= 15 is 0 Å². The minimum atomic E-state index is 0.107. The van der Waals surface area contributed by atoms with Gasteiger partial charge in [-0.2, -0.15) is 5.06 Å². The molecule has 0 amide bonds. The maximum atomic E-state index is 9.63. The molecule has 1 aliphatic heterocycles.